The molecule has 2 aliphatic heterocycles. The highest BCUT2D eigenvalue weighted by Gasteiger charge is 2.27. The highest BCUT2D eigenvalue weighted by atomic mass is 16.2. The SMILES string of the molecule is CCC1CCCCN1C(=O)c1cc(N2CCCC(C)C2)ccn1. The standard InChI is InChI=1S/C19H29N3O/c1-3-16-8-4-5-12-22(16)19(23)18-13-17(9-10-20-18)21-11-6-7-15(2)14-21/h9-10,13,15-16H,3-8,11-12,14H2,1-2H3. The molecule has 0 bridgehead atoms. The first kappa shape index (κ1) is 16.3. The molecule has 1 amide bonds. The summed E-state index contributed by atoms with van der Waals surface area (Å²) < 4.78 is 0. The average molecular weight is 315 g/mol. The predicted molar refractivity (Wildman–Crippen MR) is 93.8 cm³/mol. The van der Waals surface area contributed by atoms with Crippen LogP contribution in [0, 0.1) is 5.92 Å². The number of rotatable bonds is 3. The minimum absolute atomic E-state index is 0.114. The van der Waals surface area contributed by atoms with Gasteiger partial charge in [-0.05, 0) is 56.6 Å². The first-order valence-corrected chi connectivity index (χ1v) is 9.21. The van der Waals surface area contributed by atoms with Crippen molar-refractivity contribution in [3.05, 3.63) is 24.0 Å². The molecule has 2 aliphatic rings. The van der Waals surface area contributed by atoms with Crippen LogP contribution in [0.3, 0.4) is 0 Å². The second-order valence-electron chi connectivity index (χ2n) is 7.15. The molecule has 0 spiro atoms. The highest BCUT2D eigenvalue weighted by Crippen LogP contribution is 2.25. The van der Waals surface area contributed by atoms with E-state index in [4.69, 9.17) is 0 Å². The van der Waals surface area contributed by atoms with Crippen molar-refractivity contribution in [1.82, 2.24) is 9.88 Å². The smallest absolute Gasteiger partial charge is 0.272 e. The maximum atomic E-state index is 12.9. The van der Waals surface area contributed by atoms with Crippen LogP contribution in [0.5, 0.6) is 0 Å². The normalized spacial score (nSPS) is 25.5. The van der Waals surface area contributed by atoms with Gasteiger partial charge in [-0.3, -0.25) is 9.78 Å². The number of pyridine rings is 1. The molecular formula is C19H29N3O. The van der Waals surface area contributed by atoms with Gasteiger partial charge in [-0.2, -0.15) is 0 Å². The molecule has 0 radical (unpaired) electrons. The average Bonchev–Trinajstić information content (AvgIpc) is 2.61. The molecule has 2 saturated heterocycles. The summed E-state index contributed by atoms with van der Waals surface area (Å²) in [5.74, 6) is 0.839. The van der Waals surface area contributed by atoms with Gasteiger partial charge in [0.05, 0.1) is 0 Å². The van der Waals surface area contributed by atoms with Crippen LogP contribution < -0.4 is 4.90 Å². The van der Waals surface area contributed by atoms with Gasteiger partial charge in [-0.1, -0.05) is 13.8 Å². The van der Waals surface area contributed by atoms with Crippen molar-refractivity contribution in [3.8, 4) is 0 Å². The number of carbonyl (C=O) groups is 1. The van der Waals surface area contributed by atoms with Crippen LogP contribution in [0.2, 0.25) is 0 Å². The molecule has 4 heteroatoms. The maximum Gasteiger partial charge on any atom is 0.272 e. The van der Waals surface area contributed by atoms with Crippen LogP contribution in [0.1, 0.15) is 62.9 Å². The maximum absolute atomic E-state index is 12.9. The lowest BCUT2D eigenvalue weighted by atomic mass is 9.99. The minimum atomic E-state index is 0.114. The number of piperidine rings is 2. The van der Waals surface area contributed by atoms with E-state index in [0.29, 0.717) is 11.7 Å². The molecule has 2 unspecified atom stereocenters. The summed E-state index contributed by atoms with van der Waals surface area (Å²) in [6, 6.07) is 4.43. The lowest BCUT2D eigenvalue weighted by Crippen LogP contribution is -2.43. The van der Waals surface area contributed by atoms with Crippen LogP contribution in [0.25, 0.3) is 0 Å². The van der Waals surface area contributed by atoms with Crippen LogP contribution in [0.15, 0.2) is 18.3 Å². The van der Waals surface area contributed by atoms with E-state index in [0.717, 1.165) is 50.5 Å². The van der Waals surface area contributed by atoms with Crippen molar-refractivity contribution in [2.45, 2.75) is 58.4 Å². The van der Waals surface area contributed by atoms with Gasteiger partial charge in [-0.25, -0.2) is 0 Å². The van der Waals surface area contributed by atoms with Gasteiger partial charge in [-0.15, -0.1) is 0 Å². The minimum Gasteiger partial charge on any atom is -0.371 e. The Kier molecular flexibility index (Phi) is 5.19. The lowest BCUT2D eigenvalue weighted by molar-refractivity contribution is 0.0602. The largest absolute Gasteiger partial charge is 0.371 e. The highest BCUT2D eigenvalue weighted by molar-refractivity contribution is 5.93. The molecule has 0 N–H and O–H groups in total. The van der Waals surface area contributed by atoms with Gasteiger partial charge in [0.2, 0.25) is 0 Å². The number of hydrogen-bond donors (Lipinski definition) is 0. The second-order valence-corrected chi connectivity index (χ2v) is 7.15. The zero-order chi connectivity index (χ0) is 16.2. The van der Waals surface area contributed by atoms with Crippen molar-refractivity contribution < 1.29 is 4.79 Å². The van der Waals surface area contributed by atoms with Crippen LogP contribution >= 0.6 is 0 Å². The summed E-state index contributed by atoms with van der Waals surface area (Å²) in [5.41, 5.74) is 1.76. The Bertz CT molecular complexity index is 545. The molecule has 3 rings (SSSR count). The van der Waals surface area contributed by atoms with Gasteiger partial charge in [0.1, 0.15) is 5.69 Å². The number of amides is 1. The molecule has 23 heavy (non-hydrogen) atoms. The van der Waals surface area contributed by atoms with E-state index in [1.807, 2.05) is 12.1 Å². The molecular weight excluding hydrogens is 286 g/mol. The summed E-state index contributed by atoms with van der Waals surface area (Å²) in [5, 5.41) is 0. The third-order valence-corrected chi connectivity index (χ3v) is 5.34. The fraction of sp³-hybridized carbons (Fsp3) is 0.684. The molecule has 1 aromatic rings. The first-order valence-electron chi connectivity index (χ1n) is 9.21. The van der Waals surface area contributed by atoms with E-state index in [2.05, 4.69) is 28.6 Å². The fourth-order valence-corrected chi connectivity index (χ4v) is 4.00. The van der Waals surface area contributed by atoms with Gasteiger partial charge in [0, 0.05) is 37.6 Å². The zero-order valence-corrected chi connectivity index (χ0v) is 14.5. The topological polar surface area (TPSA) is 36.4 Å². The van der Waals surface area contributed by atoms with Gasteiger partial charge in [0.25, 0.3) is 5.91 Å². The molecule has 2 atom stereocenters. The number of aromatic nitrogens is 1. The molecule has 0 aliphatic carbocycles. The number of nitrogens with zero attached hydrogens (tertiary/aromatic N) is 3. The Hall–Kier alpha value is -1.58. The molecule has 3 heterocycles. The van der Waals surface area contributed by atoms with E-state index in [1.54, 1.807) is 6.20 Å². The van der Waals surface area contributed by atoms with E-state index in [9.17, 15) is 4.79 Å². The Balaban J connectivity index is 1.77. The van der Waals surface area contributed by atoms with Crippen LogP contribution in [0.4, 0.5) is 5.69 Å². The molecule has 2 fully saturated rings. The lowest BCUT2D eigenvalue weighted by Gasteiger charge is -2.35. The summed E-state index contributed by atoms with van der Waals surface area (Å²) in [6.07, 6.45) is 8.86. The summed E-state index contributed by atoms with van der Waals surface area (Å²) in [6.45, 7) is 7.53. The summed E-state index contributed by atoms with van der Waals surface area (Å²) in [4.78, 5) is 21.7. The second kappa shape index (κ2) is 7.33. The summed E-state index contributed by atoms with van der Waals surface area (Å²) in [7, 11) is 0. The number of anilines is 1. The molecule has 0 saturated carbocycles. The van der Waals surface area contributed by atoms with Crippen molar-refractivity contribution in [3.63, 3.8) is 0 Å². The first-order chi connectivity index (χ1) is 11.2. The molecule has 126 valence electrons. The van der Waals surface area contributed by atoms with E-state index in [1.165, 1.54) is 19.3 Å². The van der Waals surface area contributed by atoms with E-state index in [-0.39, 0.29) is 5.91 Å². The Morgan fingerprint density at radius 3 is 2.91 bits per heavy atom. The van der Waals surface area contributed by atoms with Gasteiger partial charge < -0.3 is 9.80 Å². The zero-order valence-electron chi connectivity index (χ0n) is 14.5. The van der Waals surface area contributed by atoms with E-state index >= 15 is 0 Å². The third kappa shape index (κ3) is 3.67. The number of carbonyl (C=O) groups excluding carboxylic acids is 1. The quantitative estimate of drug-likeness (QED) is 0.853. The molecule has 0 aromatic carbocycles. The van der Waals surface area contributed by atoms with Gasteiger partial charge >= 0.3 is 0 Å². The Morgan fingerprint density at radius 2 is 2.13 bits per heavy atom. The monoisotopic (exact) mass is 315 g/mol. The van der Waals surface area contributed by atoms with Gasteiger partial charge in [0.15, 0.2) is 0 Å². The number of likely N-dealkylation sites (tertiary alicyclic amines) is 1. The Labute approximate surface area is 139 Å². The van der Waals surface area contributed by atoms with Crippen molar-refractivity contribution >= 4 is 11.6 Å². The third-order valence-electron chi connectivity index (χ3n) is 5.34. The molecule has 1 aromatic heterocycles. The van der Waals surface area contributed by atoms with Crippen molar-refractivity contribution in [1.29, 1.82) is 0 Å². The van der Waals surface area contributed by atoms with Crippen LogP contribution in [-0.4, -0.2) is 41.5 Å². The predicted octanol–water partition coefficient (Wildman–Crippen LogP) is 3.72. The Morgan fingerprint density at radius 1 is 1.26 bits per heavy atom. The van der Waals surface area contributed by atoms with Crippen molar-refractivity contribution in [2.75, 3.05) is 24.5 Å². The van der Waals surface area contributed by atoms with Crippen molar-refractivity contribution in [2.24, 2.45) is 5.92 Å². The van der Waals surface area contributed by atoms with E-state index < -0.39 is 0 Å². The van der Waals surface area contributed by atoms with Crippen LogP contribution in [-0.2, 0) is 0 Å². The molecule has 4 nitrogen and oxygen atoms in total. The fourth-order valence-electron chi connectivity index (χ4n) is 4.00. The summed E-state index contributed by atoms with van der Waals surface area (Å²) >= 11 is 0. The number of hydrogen-bond acceptors (Lipinski definition) is 3.